The van der Waals surface area contributed by atoms with Crippen LogP contribution in [0.2, 0.25) is 0 Å². The summed E-state index contributed by atoms with van der Waals surface area (Å²) in [6, 6.07) is 7.08. The van der Waals surface area contributed by atoms with E-state index in [1.54, 1.807) is 4.68 Å². The van der Waals surface area contributed by atoms with Gasteiger partial charge in [0.1, 0.15) is 6.04 Å². The van der Waals surface area contributed by atoms with Crippen molar-refractivity contribution in [3.05, 3.63) is 29.8 Å². The van der Waals surface area contributed by atoms with Gasteiger partial charge in [0.05, 0.1) is 18.6 Å². The molecule has 2 aromatic rings. The first-order valence-electron chi connectivity index (χ1n) is 8.31. The lowest BCUT2D eigenvalue weighted by molar-refractivity contribution is -0.146. The Morgan fingerprint density at radius 1 is 1.31 bits per heavy atom. The summed E-state index contributed by atoms with van der Waals surface area (Å²) >= 11 is 1.20. The van der Waals surface area contributed by atoms with Crippen LogP contribution in [-0.4, -0.2) is 51.0 Å². The molecule has 2 rings (SSSR count). The zero-order valence-electron chi connectivity index (χ0n) is 15.3. The van der Waals surface area contributed by atoms with Crippen molar-refractivity contribution in [3.8, 4) is 5.69 Å². The molecule has 0 aliphatic heterocycles. The lowest BCUT2D eigenvalue weighted by Crippen LogP contribution is -2.46. The smallest absolute Gasteiger partial charge is 0.328 e. The number of benzene rings is 1. The molecule has 0 spiro atoms. The molecule has 2 atom stereocenters. The van der Waals surface area contributed by atoms with Crippen LogP contribution < -0.4 is 5.32 Å². The average Bonchev–Trinajstić information content (AvgIpc) is 3.12. The highest BCUT2D eigenvalue weighted by molar-refractivity contribution is 7.99. The minimum absolute atomic E-state index is 0.0192. The molecule has 0 saturated carbocycles. The van der Waals surface area contributed by atoms with E-state index in [-0.39, 0.29) is 17.6 Å². The van der Waals surface area contributed by atoms with Crippen LogP contribution in [0.25, 0.3) is 5.69 Å². The number of aryl methyl sites for hydroxylation is 1. The number of nitrogens with one attached hydrogen (secondary N) is 1. The van der Waals surface area contributed by atoms with Crippen molar-refractivity contribution in [3.63, 3.8) is 0 Å². The number of hydrogen-bond donors (Lipinski definition) is 1. The molecule has 1 heterocycles. The maximum Gasteiger partial charge on any atom is 0.328 e. The standard InChI is InChI=1S/C17H23N5O3S/c1-5-12(3)15(16(24)25-4)18-14(23)10-26-17-19-20-21-22(17)13-8-6-11(2)7-9-13/h6-9,12,15H,5,10H2,1-4H3,(H,18,23)/t12-,15+/m1/s1. The molecule has 9 heteroatoms. The van der Waals surface area contributed by atoms with Crippen molar-refractivity contribution in [2.75, 3.05) is 12.9 Å². The van der Waals surface area contributed by atoms with E-state index in [9.17, 15) is 9.59 Å². The molecule has 0 radical (unpaired) electrons. The number of methoxy groups -OCH3 is 1. The minimum Gasteiger partial charge on any atom is -0.467 e. The van der Waals surface area contributed by atoms with Crippen molar-refractivity contribution in [1.82, 2.24) is 25.5 Å². The van der Waals surface area contributed by atoms with E-state index in [1.165, 1.54) is 18.9 Å². The van der Waals surface area contributed by atoms with Crippen LogP contribution in [-0.2, 0) is 14.3 Å². The van der Waals surface area contributed by atoms with E-state index in [0.29, 0.717) is 5.16 Å². The van der Waals surface area contributed by atoms with Gasteiger partial charge in [0.25, 0.3) is 0 Å². The third-order valence-electron chi connectivity index (χ3n) is 4.04. The highest BCUT2D eigenvalue weighted by atomic mass is 32.2. The number of carbonyl (C=O) groups excluding carboxylic acids is 2. The number of rotatable bonds is 8. The molecule has 0 aliphatic carbocycles. The number of carbonyl (C=O) groups is 2. The first-order chi connectivity index (χ1) is 12.5. The first kappa shape index (κ1) is 19.9. The highest BCUT2D eigenvalue weighted by Crippen LogP contribution is 2.18. The SMILES string of the molecule is CC[C@@H](C)[C@H](NC(=O)CSc1nnnn1-c1ccc(C)cc1)C(=O)OC. The summed E-state index contributed by atoms with van der Waals surface area (Å²) < 4.78 is 6.35. The van der Waals surface area contributed by atoms with Gasteiger partial charge in [-0.1, -0.05) is 49.7 Å². The lowest BCUT2D eigenvalue weighted by atomic mass is 9.99. The number of hydrogen-bond acceptors (Lipinski definition) is 7. The molecule has 0 fully saturated rings. The fourth-order valence-corrected chi connectivity index (χ4v) is 2.96. The predicted octanol–water partition coefficient (Wildman–Crippen LogP) is 1.77. The summed E-state index contributed by atoms with van der Waals surface area (Å²) in [4.78, 5) is 24.1. The van der Waals surface area contributed by atoms with Crippen molar-refractivity contribution in [2.45, 2.75) is 38.4 Å². The maximum atomic E-state index is 12.3. The summed E-state index contributed by atoms with van der Waals surface area (Å²) in [5, 5.41) is 14.8. The second-order valence-corrected chi connectivity index (χ2v) is 6.89. The van der Waals surface area contributed by atoms with Gasteiger partial charge in [0.2, 0.25) is 11.1 Å². The number of esters is 1. The second-order valence-electron chi connectivity index (χ2n) is 5.95. The van der Waals surface area contributed by atoms with Crippen LogP contribution in [0.15, 0.2) is 29.4 Å². The van der Waals surface area contributed by atoms with Crippen LogP contribution in [0.5, 0.6) is 0 Å². The van der Waals surface area contributed by atoms with Crippen molar-refractivity contribution < 1.29 is 14.3 Å². The summed E-state index contributed by atoms with van der Waals surface area (Å²) in [5.74, 6) is -0.642. The molecule has 1 aromatic heterocycles. The Balaban J connectivity index is 2.00. The molecule has 140 valence electrons. The topological polar surface area (TPSA) is 99.0 Å². The zero-order valence-corrected chi connectivity index (χ0v) is 16.1. The van der Waals surface area contributed by atoms with Gasteiger partial charge < -0.3 is 10.1 Å². The molecule has 0 unspecified atom stereocenters. The lowest BCUT2D eigenvalue weighted by Gasteiger charge is -2.21. The molecule has 8 nitrogen and oxygen atoms in total. The van der Waals surface area contributed by atoms with Gasteiger partial charge in [-0.15, -0.1) is 5.10 Å². The number of tetrazole rings is 1. The van der Waals surface area contributed by atoms with Gasteiger partial charge >= 0.3 is 5.97 Å². The molecule has 1 aromatic carbocycles. The molecule has 26 heavy (non-hydrogen) atoms. The second kappa shape index (κ2) is 9.33. The average molecular weight is 377 g/mol. The third kappa shape index (κ3) is 5.04. The van der Waals surface area contributed by atoms with E-state index in [4.69, 9.17) is 4.74 Å². The van der Waals surface area contributed by atoms with Gasteiger partial charge in [-0.05, 0) is 35.4 Å². The number of nitrogens with zero attached hydrogens (tertiary/aromatic N) is 4. The van der Waals surface area contributed by atoms with Crippen LogP contribution in [0.4, 0.5) is 0 Å². The third-order valence-corrected chi connectivity index (χ3v) is 4.96. The van der Waals surface area contributed by atoms with Gasteiger partial charge in [0.15, 0.2) is 0 Å². The fourth-order valence-electron chi connectivity index (χ4n) is 2.26. The molecule has 0 bridgehead atoms. The first-order valence-corrected chi connectivity index (χ1v) is 9.30. The fraction of sp³-hybridized carbons (Fsp3) is 0.471. The Morgan fingerprint density at radius 2 is 2.00 bits per heavy atom. The van der Waals surface area contributed by atoms with Gasteiger partial charge in [-0.2, -0.15) is 4.68 Å². The van der Waals surface area contributed by atoms with Gasteiger partial charge in [-0.25, -0.2) is 4.79 Å². The predicted molar refractivity (Wildman–Crippen MR) is 98.0 cm³/mol. The Labute approximate surface area is 156 Å². The molecule has 1 N–H and O–H groups in total. The molecule has 0 saturated heterocycles. The zero-order chi connectivity index (χ0) is 19.1. The largest absolute Gasteiger partial charge is 0.467 e. The summed E-state index contributed by atoms with van der Waals surface area (Å²) in [6.45, 7) is 5.85. The van der Waals surface area contributed by atoms with Crippen LogP contribution in [0.3, 0.4) is 0 Å². The summed E-state index contributed by atoms with van der Waals surface area (Å²) in [5.41, 5.74) is 1.95. The molecule has 0 aliphatic rings. The van der Waals surface area contributed by atoms with Crippen molar-refractivity contribution >= 4 is 23.6 Å². The van der Waals surface area contributed by atoms with Crippen LogP contribution >= 0.6 is 11.8 Å². The van der Waals surface area contributed by atoms with Gasteiger partial charge in [-0.3, -0.25) is 4.79 Å². The van der Waals surface area contributed by atoms with E-state index in [0.717, 1.165) is 17.7 Å². The Morgan fingerprint density at radius 3 is 2.62 bits per heavy atom. The maximum absolute atomic E-state index is 12.3. The van der Waals surface area contributed by atoms with Crippen LogP contribution in [0, 0.1) is 12.8 Å². The normalized spacial score (nSPS) is 13.1. The number of aromatic nitrogens is 4. The van der Waals surface area contributed by atoms with Crippen molar-refractivity contribution in [1.29, 1.82) is 0 Å². The number of amides is 1. The van der Waals surface area contributed by atoms with E-state index in [2.05, 4.69) is 20.8 Å². The van der Waals surface area contributed by atoms with Crippen LogP contribution in [0.1, 0.15) is 25.8 Å². The Bertz CT molecular complexity index is 747. The Kier molecular flexibility index (Phi) is 7.14. The highest BCUT2D eigenvalue weighted by Gasteiger charge is 2.26. The van der Waals surface area contributed by atoms with E-state index < -0.39 is 12.0 Å². The summed E-state index contributed by atoms with van der Waals surface area (Å²) in [6.07, 6.45) is 0.749. The molecular formula is C17H23N5O3S. The van der Waals surface area contributed by atoms with E-state index in [1.807, 2.05) is 45.0 Å². The molecular weight excluding hydrogens is 354 g/mol. The Hall–Kier alpha value is -2.42. The minimum atomic E-state index is -0.661. The summed E-state index contributed by atoms with van der Waals surface area (Å²) in [7, 11) is 1.31. The quantitative estimate of drug-likeness (QED) is 0.553. The molecule has 1 amide bonds. The number of ether oxygens (including phenoxy) is 1. The monoisotopic (exact) mass is 377 g/mol. The number of thioether (sulfide) groups is 1. The van der Waals surface area contributed by atoms with Gasteiger partial charge in [0, 0.05) is 0 Å². The van der Waals surface area contributed by atoms with Crippen molar-refractivity contribution in [2.24, 2.45) is 5.92 Å². The van der Waals surface area contributed by atoms with E-state index >= 15 is 0 Å².